The average Bonchev–Trinajstić information content (AvgIpc) is 2.14. The van der Waals surface area contributed by atoms with Crippen LogP contribution in [0.4, 0.5) is 0 Å². The lowest BCUT2D eigenvalue weighted by Gasteiger charge is -2.09. The molecule has 0 aliphatic carbocycles. The van der Waals surface area contributed by atoms with E-state index in [4.69, 9.17) is 4.74 Å². The molecule has 0 atom stereocenters. The molecule has 3 nitrogen and oxygen atoms in total. The summed E-state index contributed by atoms with van der Waals surface area (Å²) in [6, 6.07) is 0. The van der Waals surface area contributed by atoms with Gasteiger partial charge in [-0.1, -0.05) is 27.7 Å². The highest BCUT2D eigenvalue weighted by Gasteiger charge is 1.94. The lowest BCUT2D eigenvalue weighted by Crippen LogP contribution is -2.25. The maximum atomic E-state index is 5.44. The van der Waals surface area contributed by atoms with Crippen LogP contribution < -0.4 is 10.6 Å². The maximum Gasteiger partial charge on any atom is 0.0965 e. The van der Waals surface area contributed by atoms with Crippen molar-refractivity contribution in [2.45, 2.75) is 34.1 Å². The third-order valence-electron chi connectivity index (χ3n) is 1.95. The van der Waals surface area contributed by atoms with Gasteiger partial charge in [0.2, 0.25) is 0 Å². The average molecular weight is 216 g/mol. The van der Waals surface area contributed by atoms with Gasteiger partial charge in [0, 0.05) is 6.61 Å². The molecule has 0 heterocycles. The molecule has 92 valence electrons. The summed E-state index contributed by atoms with van der Waals surface area (Å²) in [6.07, 6.45) is 1.09. The third-order valence-corrected chi connectivity index (χ3v) is 1.95. The second-order valence-electron chi connectivity index (χ2n) is 4.85. The van der Waals surface area contributed by atoms with Crippen molar-refractivity contribution in [3.05, 3.63) is 0 Å². The molecule has 0 rings (SSSR count). The molecule has 0 aromatic rings. The van der Waals surface area contributed by atoms with Crippen LogP contribution in [-0.4, -0.2) is 33.0 Å². The molecular formula is C12H28N2O. The summed E-state index contributed by atoms with van der Waals surface area (Å²) >= 11 is 0. The molecule has 0 fully saturated rings. The van der Waals surface area contributed by atoms with Gasteiger partial charge in [0.1, 0.15) is 0 Å². The van der Waals surface area contributed by atoms with Crippen molar-refractivity contribution in [3.63, 3.8) is 0 Å². The van der Waals surface area contributed by atoms with Crippen LogP contribution in [0, 0.1) is 11.8 Å². The van der Waals surface area contributed by atoms with Crippen molar-refractivity contribution in [2.24, 2.45) is 11.8 Å². The summed E-state index contributed by atoms with van der Waals surface area (Å²) in [5.74, 6) is 1.43. The highest BCUT2D eigenvalue weighted by atomic mass is 16.5. The van der Waals surface area contributed by atoms with Crippen molar-refractivity contribution in [1.29, 1.82) is 0 Å². The number of hydrogen-bond acceptors (Lipinski definition) is 3. The van der Waals surface area contributed by atoms with E-state index in [1.54, 1.807) is 0 Å². The molecule has 0 aliphatic heterocycles. The van der Waals surface area contributed by atoms with E-state index in [0.717, 1.165) is 38.6 Å². The Labute approximate surface area is 95.0 Å². The van der Waals surface area contributed by atoms with Crippen LogP contribution in [0.2, 0.25) is 0 Å². The van der Waals surface area contributed by atoms with E-state index < -0.39 is 0 Å². The highest BCUT2D eigenvalue weighted by molar-refractivity contribution is 4.51. The second-order valence-corrected chi connectivity index (χ2v) is 4.85. The SMILES string of the molecule is CC(C)CNCCCOCNCC(C)C. The number of ether oxygens (including phenoxy) is 1. The fourth-order valence-corrected chi connectivity index (χ4v) is 1.18. The summed E-state index contributed by atoms with van der Waals surface area (Å²) < 4.78 is 5.44. The smallest absolute Gasteiger partial charge is 0.0965 e. The Morgan fingerprint density at radius 1 is 0.933 bits per heavy atom. The number of hydrogen-bond donors (Lipinski definition) is 2. The van der Waals surface area contributed by atoms with Gasteiger partial charge in [0.15, 0.2) is 0 Å². The first kappa shape index (κ1) is 14.9. The predicted octanol–water partition coefficient (Wildman–Crippen LogP) is 1.84. The van der Waals surface area contributed by atoms with Gasteiger partial charge < -0.3 is 10.1 Å². The third kappa shape index (κ3) is 13.9. The van der Waals surface area contributed by atoms with Gasteiger partial charge in [0.25, 0.3) is 0 Å². The Balaban J connectivity index is 2.93. The Morgan fingerprint density at radius 2 is 1.53 bits per heavy atom. The van der Waals surface area contributed by atoms with Crippen molar-refractivity contribution in [3.8, 4) is 0 Å². The summed E-state index contributed by atoms with van der Waals surface area (Å²) in [6.45, 7) is 13.6. The molecule has 0 spiro atoms. The van der Waals surface area contributed by atoms with Crippen molar-refractivity contribution < 1.29 is 4.74 Å². The van der Waals surface area contributed by atoms with Crippen LogP contribution in [0.1, 0.15) is 34.1 Å². The molecule has 0 aromatic carbocycles. The highest BCUT2D eigenvalue weighted by Crippen LogP contribution is 1.88. The predicted molar refractivity (Wildman–Crippen MR) is 66.0 cm³/mol. The minimum absolute atomic E-state index is 0.683. The van der Waals surface area contributed by atoms with Gasteiger partial charge in [-0.3, -0.25) is 5.32 Å². The van der Waals surface area contributed by atoms with Gasteiger partial charge in [-0.2, -0.15) is 0 Å². The first-order valence-corrected chi connectivity index (χ1v) is 6.12. The molecule has 2 N–H and O–H groups in total. The van der Waals surface area contributed by atoms with E-state index in [0.29, 0.717) is 12.6 Å². The number of nitrogens with one attached hydrogen (secondary N) is 2. The summed E-state index contributed by atoms with van der Waals surface area (Å²) in [4.78, 5) is 0. The Hall–Kier alpha value is -0.120. The first-order chi connectivity index (χ1) is 7.13. The molecule has 15 heavy (non-hydrogen) atoms. The molecule has 0 radical (unpaired) electrons. The molecule has 0 saturated carbocycles. The minimum atomic E-state index is 0.683. The van der Waals surface area contributed by atoms with E-state index in [-0.39, 0.29) is 0 Å². The van der Waals surface area contributed by atoms with Gasteiger partial charge in [-0.25, -0.2) is 0 Å². The van der Waals surface area contributed by atoms with E-state index in [9.17, 15) is 0 Å². The van der Waals surface area contributed by atoms with Gasteiger partial charge in [0.05, 0.1) is 6.73 Å². The summed E-state index contributed by atoms with van der Waals surface area (Å²) in [5, 5.41) is 6.64. The Kier molecular flexibility index (Phi) is 10.3. The van der Waals surface area contributed by atoms with E-state index >= 15 is 0 Å². The fraction of sp³-hybridized carbons (Fsp3) is 1.00. The summed E-state index contributed by atoms with van der Waals surface area (Å²) in [7, 11) is 0. The summed E-state index contributed by atoms with van der Waals surface area (Å²) in [5.41, 5.74) is 0. The van der Waals surface area contributed by atoms with Gasteiger partial charge >= 0.3 is 0 Å². The lowest BCUT2D eigenvalue weighted by atomic mass is 10.2. The Morgan fingerprint density at radius 3 is 2.13 bits per heavy atom. The largest absolute Gasteiger partial charge is 0.366 e. The van der Waals surface area contributed by atoms with Crippen LogP contribution in [0.5, 0.6) is 0 Å². The quantitative estimate of drug-likeness (QED) is 0.432. The zero-order valence-corrected chi connectivity index (χ0v) is 10.8. The normalized spacial score (nSPS) is 11.6. The minimum Gasteiger partial charge on any atom is -0.366 e. The zero-order valence-electron chi connectivity index (χ0n) is 10.8. The van der Waals surface area contributed by atoms with Gasteiger partial charge in [-0.15, -0.1) is 0 Å². The first-order valence-electron chi connectivity index (χ1n) is 6.12. The van der Waals surface area contributed by atoms with Crippen LogP contribution in [-0.2, 0) is 4.74 Å². The van der Waals surface area contributed by atoms with E-state index in [2.05, 4.69) is 38.3 Å². The Bertz CT molecular complexity index is 113. The molecular weight excluding hydrogens is 188 g/mol. The van der Waals surface area contributed by atoms with Crippen molar-refractivity contribution in [2.75, 3.05) is 33.0 Å². The van der Waals surface area contributed by atoms with Crippen LogP contribution in [0.3, 0.4) is 0 Å². The van der Waals surface area contributed by atoms with Gasteiger partial charge in [-0.05, 0) is 37.9 Å². The second kappa shape index (κ2) is 10.4. The van der Waals surface area contributed by atoms with Crippen LogP contribution in [0.15, 0.2) is 0 Å². The molecule has 0 unspecified atom stereocenters. The van der Waals surface area contributed by atoms with Crippen LogP contribution in [0.25, 0.3) is 0 Å². The van der Waals surface area contributed by atoms with Crippen LogP contribution >= 0.6 is 0 Å². The molecule has 0 saturated heterocycles. The zero-order chi connectivity index (χ0) is 11.5. The number of rotatable bonds is 10. The van der Waals surface area contributed by atoms with Crippen molar-refractivity contribution in [1.82, 2.24) is 10.6 Å². The molecule has 3 heteroatoms. The molecule has 0 aromatic heterocycles. The van der Waals surface area contributed by atoms with E-state index in [1.807, 2.05) is 0 Å². The topological polar surface area (TPSA) is 33.3 Å². The fourth-order valence-electron chi connectivity index (χ4n) is 1.18. The maximum absolute atomic E-state index is 5.44. The molecule has 0 bridgehead atoms. The molecule has 0 aliphatic rings. The molecule has 0 amide bonds. The standard InChI is InChI=1S/C12H28N2O/c1-11(2)8-13-6-5-7-15-10-14-9-12(3)4/h11-14H,5-10H2,1-4H3. The van der Waals surface area contributed by atoms with Crippen molar-refractivity contribution >= 4 is 0 Å². The van der Waals surface area contributed by atoms with E-state index in [1.165, 1.54) is 0 Å². The lowest BCUT2D eigenvalue weighted by molar-refractivity contribution is 0.112. The monoisotopic (exact) mass is 216 g/mol.